The third kappa shape index (κ3) is 6.39. The first-order valence-corrected chi connectivity index (χ1v) is 14.8. The van der Waals surface area contributed by atoms with Gasteiger partial charge in [0.15, 0.2) is 28.7 Å². The van der Waals surface area contributed by atoms with Crippen molar-refractivity contribution in [2.24, 2.45) is 5.92 Å². The highest BCUT2D eigenvalue weighted by atomic mass is 127. The van der Waals surface area contributed by atoms with Crippen molar-refractivity contribution in [2.45, 2.75) is 51.4 Å². The van der Waals surface area contributed by atoms with Gasteiger partial charge in [0.1, 0.15) is 23.8 Å². The Kier molecular flexibility index (Phi) is 8.50. The summed E-state index contributed by atoms with van der Waals surface area (Å²) in [5.74, 6) is 0.958. The average Bonchev–Trinajstić information content (AvgIpc) is 3.30. The molecule has 0 bridgehead atoms. The van der Waals surface area contributed by atoms with Crippen LogP contribution >= 0.6 is 34.6 Å². The fraction of sp³-hybridized carbons (Fsp3) is 0.333. The van der Waals surface area contributed by atoms with Crippen LogP contribution in [-0.4, -0.2) is 38.2 Å². The minimum atomic E-state index is -0.480. The highest BCUT2D eigenvalue weighted by Gasteiger charge is 2.25. The molecule has 0 spiro atoms. The van der Waals surface area contributed by atoms with Gasteiger partial charge in [0.2, 0.25) is 5.88 Å². The number of benzene rings is 1. The second-order valence-corrected chi connectivity index (χ2v) is 11.2. The maximum Gasteiger partial charge on any atom is 0.366 e. The maximum atomic E-state index is 14.1. The normalized spacial score (nSPS) is 18.6. The van der Waals surface area contributed by atoms with Crippen molar-refractivity contribution in [3.8, 4) is 5.88 Å². The van der Waals surface area contributed by atoms with Crippen LogP contribution in [0.5, 0.6) is 5.88 Å². The number of hydrogen-bond donors (Lipinski definition) is 0. The number of carbonyl (C=O) groups is 1. The number of rotatable bonds is 9. The smallest absolute Gasteiger partial charge is 0.366 e. The second kappa shape index (κ2) is 12.4. The largest absolute Gasteiger partial charge is 0.473 e. The Balaban J connectivity index is 1.15. The van der Waals surface area contributed by atoms with Crippen molar-refractivity contribution < 1.29 is 21.7 Å². The van der Waals surface area contributed by atoms with Crippen LogP contribution < -0.4 is 4.74 Å². The molecule has 0 saturated carbocycles. The van der Waals surface area contributed by atoms with Crippen molar-refractivity contribution in [1.29, 1.82) is 0 Å². The summed E-state index contributed by atoms with van der Waals surface area (Å²) in [5, 5.41) is 0.350. The highest BCUT2D eigenvalue weighted by Crippen LogP contribution is 2.33. The number of allylic oxidation sites excluding steroid dienone is 2. The van der Waals surface area contributed by atoms with Crippen molar-refractivity contribution in [3.05, 3.63) is 88.4 Å². The van der Waals surface area contributed by atoms with Gasteiger partial charge in [-0.05, 0) is 61.4 Å². The van der Waals surface area contributed by atoms with Gasteiger partial charge in [-0.1, -0.05) is 29.8 Å². The van der Waals surface area contributed by atoms with Crippen LogP contribution in [0.4, 0.5) is 4.39 Å². The van der Waals surface area contributed by atoms with Gasteiger partial charge in [0.05, 0.1) is 30.1 Å². The van der Waals surface area contributed by atoms with E-state index in [9.17, 15) is 9.18 Å². The Bertz CT molecular complexity index is 1620. The lowest BCUT2D eigenvalue weighted by atomic mass is 9.86. The van der Waals surface area contributed by atoms with E-state index >= 15 is 0 Å². The molecule has 4 heterocycles. The first-order valence-electron chi connectivity index (χ1n) is 13.5. The molecule has 8 nitrogen and oxygen atoms in total. The number of hydrogen-bond acceptors (Lipinski definition) is 7. The molecule has 4 aromatic rings. The summed E-state index contributed by atoms with van der Waals surface area (Å²) in [7, 11) is 0. The van der Waals surface area contributed by atoms with Gasteiger partial charge in [0, 0.05) is 29.7 Å². The van der Waals surface area contributed by atoms with Gasteiger partial charge >= 0.3 is 5.97 Å². The van der Waals surface area contributed by atoms with Crippen LogP contribution in [0.2, 0.25) is 5.02 Å². The molecule has 1 fully saturated rings. The van der Waals surface area contributed by atoms with E-state index in [1.165, 1.54) is 11.6 Å². The van der Waals surface area contributed by atoms with Crippen molar-refractivity contribution in [3.63, 3.8) is 0 Å². The Morgan fingerprint density at radius 3 is 2.80 bits per heavy atom. The van der Waals surface area contributed by atoms with Crippen LogP contribution in [0.25, 0.3) is 16.6 Å². The first kappa shape index (κ1) is 28.0. The molecule has 0 amide bonds. The molecule has 11 heteroatoms. The minimum Gasteiger partial charge on any atom is -0.473 e. The van der Waals surface area contributed by atoms with E-state index in [0.29, 0.717) is 28.9 Å². The molecule has 1 aliphatic heterocycles. The summed E-state index contributed by atoms with van der Waals surface area (Å²) in [5.41, 5.74) is 4.36. The van der Waals surface area contributed by atoms with E-state index in [1.54, 1.807) is 53.5 Å². The number of ether oxygens (including phenoxy) is 2. The Morgan fingerprint density at radius 1 is 1.20 bits per heavy atom. The quantitative estimate of drug-likeness (QED) is 0.177. The highest BCUT2D eigenvalue weighted by molar-refractivity contribution is 14.1. The number of imidazole rings is 1. The van der Waals surface area contributed by atoms with E-state index in [1.807, 2.05) is 12.1 Å². The van der Waals surface area contributed by atoms with Gasteiger partial charge in [-0.3, -0.25) is 0 Å². The summed E-state index contributed by atoms with van der Waals surface area (Å²) in [6, 6.07) is 12.0. The van der Waals surface area contributed by atoms with E-state index < -0.39 is 11.8 Å². The van der Waals surface area contributed by atoms with E-state index in [4.69, 9.17) is 29.1 Å². The molecule has 6 rings (SSSR count). The number of carbonyl (C=O) groups excluding carboxylic acids is 1. The molecule has 1 unspecified atom stereocenters. The summed E-state index contributed by atoms with van der Waals surface area (Å²) in [4.78, 5) is 25.9. The third-order valence-electron chi connectivity index (χ3n) is 7.61. The van der Waals surface area contributed by atoms with E-state index in [0.717, 1.165) is 61.3 Å². The molecule has 3 aromatic heterocycles. The average molecular weight is 689 g/mol. The minimum absolute atomic E-state index is 0.0732. The Labute approximate surface area is 255 Å². The summed E-state index contributed by atoms with van der Waals surface area (Å²) in [6.07, 6.45) is 8.61. The van der Waals surface area contributed by atoms with Gasteiger partial charge in [0.25, 0.3) is 0 Å². The standard InChI is InChI=1S/C30H27ClFIN4O4/c31-21-9-8-20(23(32)13-21)17-40-29-3-1-2-24(36-29)19-6-4-18(5-7-19)12-28-35-26-15-34-25(30(38)41-33)14-27(26)37(28)16-22-10-11-39-22/h1-3,6,8-9,13-15,18,22H,4-5,7,10-12,16-17H2/t18?,22-/m0/s1. The molecule has 0 N–H and O–H groups in total. The number of fused-ring (bicyclic) bond motifs is 1. The molecule has 1 aliphatic carbocycles. The molecule has 2 aliphatic rings. The SMILES string of the molecule is O=C(OI)c1cc2c(cn1)nc(CC1CC=C(c3cccc(OCc4ccc(Cl)cc4F)n3)CC1)n2C[C@@H]1CCO1. The molecular formula is C30H27ClFIN4O4. The second-order valence-electron chi connectivity index (χ2n) is 10.3. The Hall–Kier alpha value is -3.09. The topological polar surface area (TPSA) is 88.4 Å². The lowest BCUT2D eigenvalue weighted by molar-refractivity contribution is -0.0590. The van der Waals surface area contributed by atoms with Crippen LogP contribution in [0.1, 0.15) is 53.3 Å². The molecule has 0 radical (unpaired) electrons. The molecule has 1 saturated heterocycles. The van der Waals surface area contributed by atoms with Gasteiger partial charge in [-0.25, -0.2) is 24.1 Å². The predicted molar refractivity (Wildman–Crippen MR) is 160 cm³/mol. The zero-order valence-corrected chi connectivity index (χ0v) is 25.0. The van der Waals surface area contributed by atoms with Crippen molar-refractivity contribution in [1.82, 2.24) is 19.5 Å². The van der Waals surface area contributed by atoms with Crippen molar-refractivity contribution in [2.75, 3.05) is 6.61 Å². The number of nitrogens with zero attached hydrogens (tertiary/aromatic N) is 4. The van der Waals surface area contributed by atoms with Crippen LogP contribution in [0, 0.1) is 11.7 Å². The fourth-order valence-electron chi connectivity index (χ4n) is 5.25. The fourth-order valence-corrected chi connectivity index (χ4v) is 5.63. The van der Waals surface area contributed by atoms with Crippen LogP contribution in [0.15, 0.2) is 54.7 Å². The molecule has 1 aromatic carbocycles. The first-order chi connectivity index (χ1) is 20.0. The van der Waals surface area contributed by atoms with Crippen LogP contribution in [-0.2, 0) is 27.4 Å². The van der Waals surface area contributed by atoms with Gasteiger partial charge < -0.3 is 17.1 Å². The molecular weight excluding hydrogens is 662 g/mol. The van der Waals surface area contributed by atoms with Gasteiger partial charge in [-0.15, -0.1) is 0 Å². The van der Waals surface area contributed by atoms with E-state index in [2.05, 4.69) is 20.6 Å². The monoisotopic (exact) mass is 688 g/mol. The molecule has 41 heavy (non-hydrogen) atoms. The third-order valence-corrected chi connectivity index (χ3v) is 8.24. The number of aromatic nitrogens is 4. The van der Waals surface area contributed by atoms with Crippen molar-refractivity contribution >= 4 is 57.2 Å². The van der Waals surface area contributed by atoms with Crippen LogP contribution in [0.3, 0.4) is 0 Å². The lowest BCUT2D eigenvalue weighted by Gasteiger charge is -2.28. The zero-order valence-electron chi connectivity index (χ0n) is 22.1. The lowest BCUT2D eigenvalue weighted by Crippen LogP contribution is -2.32. The number of halogens is 3. The van der Waals surface area contributed by atoms with E-state index in [-0.39, 0.29) is 18.4 Å². The summed E-state index contributed by atoms with van der Waals surface area (Å²) in [6.45, 7) is 1.54. The number of pyridine rings is 2. The summed E-state index contributed by atoms with van der Waals surface area (Å²) < 4.78 is 32.6. The molecule has 212 valence electrons. The Morgan fingerprint density at radius 2 is 2.07 bits per heavy atom. The predicted octanol–water partition coefficient (Wildman–Crippen LogP) is 6.92. The zero-order chi connectivity index (χ0) is 28.3. The maximum absolute atomic E-state index is 14.1. The molecule has 2 atom stereocenters. The summed E-state index contributed by atoms with van der Waals surface area (Å²) >= 11 is 7.42. The van der Waals surface area contributed by atoms with Gasteiger partial charge in [-0.2, -0.15) is 0 Å².